The lowest BCUT2D eigenvalue weighted by atomic mass is 10.1. The number of nitrogens with one attached hydrogen (secondary N) is 2. The first-order chi connectivity index (χ1) is 9.54. The van der Waals surface area contributed by atoms with Gasteiger partial charge in [-0.25, -0.2) is 0 Å². The Hall–Kier alpha value is -0.780. The Bertz CT molecular complexity index is 495. The minimum atomic E-state index is 0.0172. The highest BCUT2D eigenvalue weighted by atomic mass is 35.5. The molecule has 1 fully saturated rings. The Balaban J connectivity index is 1.67. The molecule has 1 aromatic rings. The lowest BCUT2D eigenvalue weighted by Gasteiger charge is -2.23. The smallest absolute Gasteiger partial charge is 0.220 e. The first-order valence-electron chi connectivity index (χ1n) is 6.54. The summed E-state index contributed by atoms with van der Waals surface area (Å²) in [7, 11) is 0. The molecule has 2 heterocycles. The summed E-state index contributed by atoms with van der Waals surface area (Å²) >= 11 is 13.2. The van der Waals surface area contributed by atoms with Gasteiger partial charge in [-0.1, -0.05) is 23.2 Å². The summed E-state index contributed by atoms with van der Waals surface area (Å²) in [6, 6.07) is 1.91. The number of rotatable bonds is 5. The third-order valence-electron chi connectivity index (χ3n) is 3.21. The number of hydrogen-bond donors (Lipinski definition) is 2. The van der Waals surface area contributed by atoms with Crippen LogP contribution in [-0.4, -0.2) is 24.4 Å². The van der Waals surface area contributed by atoms with Crippen molar-refractivity contribution in [2.24, 2.45) is 0 Å². The van der Waals surface area contributed by atoms with Crippen molar-refractivity contribution in [1.82, 2.24) is 10.6 Å². The second-order valence-corrected chi connectivity index (χ2v) is 7.10. The van der Waals surface area contributed by atoms with Gasteiger partial charge in [-0.2, -0.15) is 0 Å². The maximum Gasteiger partial charge on any atom is 0.220 e. The topological polar surface area (TPSA) is 58.2 Å². The van der Waals surface area contributed by atoms with E-state index >= 15 is 0 Å². The maximum absolute atomic E-state index is 11.8. The highest BCUT2D eigenvalue weighted by Gasteiger charge is 2.19. The minimum Gasteiger partial charge on any atom is -0.354 e. The summed E-state index contributed by atoms with van der Waals surface area (Å²) in [5.74, 6) is 0.0723. The summed E-state index contributed by atoms with van der Waals surface area (Å²) in [5, 5.41) is 5.68. The van der Waals surface area contributed by atoms with Gasteiger partial charge in [0.25, 0.3) is 0 Å². The molecule has 2 N–H and O–H groups in total. The highest BCUT2D eigenvalue weighted by molar-refractivity contribution is 7.20. The third kappa shape index (κ3) is 4.65. The third-order valence-corrected chi connectivity index (χ3v) is 4.78. The van der Waals surface area contributed by atoms with E-state index < -0.39 is 0 Å². The molecule has 0 saturated carbocycles. The summed E-state index contributed by atoms with van der Waals surface area (Å²) in [6.45, 7) is 0.524. The molecule has 0 aliphatic carbocycles. The molecule has 20 heavy (non-hydrogen) atoms. The second kappa shape index (κ2) is 7.29. The van der Waals surface area contributed by atoms with E-state index in [9.17, 15) is 9.59 Å². The fourth-order valence-corrected chi connectivity index (χ4v) is 3.68. The van der Waals surface area contributed by atoms with E-state index in [1.165, 1.54) is 11.3 Å². The molecule has 2 amide bonds. The Morgan fingerprint density at radius 3 is 2.90 bits per heavy atom. The van der Waals surface area contributed by atoms with Crippen molar-refractivity contribution in [1.29, 1.82) is 0 Å². The van der Waals surface area contributed by atoms with E-state index in [0.717, 1.165) is 18.4 Å². The molecule has 1 atom stereocenters. The van der Waals surface area contributed by atoms with Crippen LogP contribution in [0.25, 0.3) is 0 Å². The minimum absolute atomic E-state index is 0.0172. The van der Waals surface area contributed by atoms with Crippen LogP contribution in [0.2, 0.25) is 8.67 Å². The standard InChI is InChI=1S/C13H16Cl2N2O2S/c14-10-6-8(13(15)20-10)2-1-3-12(19)17-9-4-5-11(18)16-7-9/h6,9H,1-5,7H2,(H,16,18)(H,17,19). The first-order valence-corrected chi connectivity index (χ1v) is 8.11. The largest absolute Gasteiger partial charge is 0.354 e. The zero-order chi connectivity index (χ0) is 14.5. The van der Waals surface area contributed by atoms with Crippen molar-refractivity contribution in [3.05, 3.63) is 20.3 Å². The van der Waals surface area contributed by atoms with Gasteiger partial charge in [-0.3, -0.25) is 9.59 Å². The fourth-order valence-electron chi connectivity index (χ4n) is 2.14. The van der Waals surface area contributed by atoms with Gasteiger partial charge in [-0.05, 0) is 30.9 Å². The Kier molecular flexibility index (Phi) is 5.69. The lowest BCUT2D eigenvalue weighted by Crippen LogP contribution is -2.47. The number of carbonyl (C=O) groups is 2. The van der Waals surface area contributed by atoms with Crippen LogP contribution in [0, 0.1) is 0 Å². The quantitative estimate of drug-likeness (QED) is 0.869. The predicted molar refractivity (Wildman–Crippen MR) is 81.5 cm³/mol. The van der Waals surface area contributed by atoms with Crippen molar-refractivity contribution in [3.8, 4) is 0 Å². The van der Waals surface area contributed by atoms with Crippen LogP contribution in [0.4, 0.5) is 0 Å². The van der Waals surface area contributed by atoms with Crippen LogP contribution in [-0.2, 0) is 16.0 Å². The molecule has 0 bridgehead atoms. The zero-order valence-corrected chi connectivity index (χ0v) is 13.2. The van der Waals surface area contributed by atoms with Crippen LogP contribution in [0.3, 0.4) is 0 Å². The molecule has 2 rings (SSSR count). The van der Waals surface area contributed by atoms with Gasteiger partial charge in [0.2, 0.25) is 11.8 Å². The van der Waals surface area contributed by atoms with E-state index in [4.69, 9.17) is 23.2 Å². The summed E-state index contributed by atoms with van der Waals surface area (Å²) < 4.78 is 1.37. The molecule has 1 aliphatic rings. The normalized spacial score (nSPS) is 18.7. The van der Waals surface area contributed by atoms with Crippen LogP contribution in [0.15, 0.2) is 6.07 Å². The molecule has 1 saturated heterocycles. The lowest BCUT2D eigenvalue weighted by molar-refractivity contribution is -0.125. The number of aryl methyl sites for hydroxylation is 1. The van der Waals surface area contributed by atoms with Crippen LogP contribution in [0.1, 0.15) is 31.2 Å². The van der Waals surface area contributed by atoms with E-state index in [-0.39, 0.29) is 17.9 Å². The molecule has 7 heteroatoms. The maximum atomic E-state index is 11.8. The monoisotopic (exact) mass is 334 g/mol. The molecule has 1 unspecified atom stereocenters. The zero-order valence-electron chi connectivity index (χ0n) is 10.9. The highest BCUT2D eigenvalue weighted by Crippen LogP contribution is 2.31. The molecule has 0 aromatic carbocycles. The number of hydrogen-bond acceptors (Lipinski definition) is 3. The Morgan fingerprint density at radius 1 is 1.50 bits per heavy atom. The van der Waals surface area contributed by atoms with Crippen LogP contribution < -0.4 is 10.6 Å². The average molecular weight is 335 g/mol. The van der Waals surface area contributed by atoms with Crippen molar-refractivity contribution >= 4 is 46.4 Å². The van der Waals surface area contributed by atoms with E-state index in [1.807, 2.05) is 6.07 Å². The molecule has 4 nitrogen and oxygen atoms in total. The second-order valence-electron chi connectivity index (χ2n) is 4.81. The SMILES string of the molecule is O=C1CCC(NC(=O)CCCc2cc(Cl)sc2Cl)CN1. The number of thiophene rings is 1. The summed E-state index contributed by atoms with van der Waals surface area (Å²) in [6.07, 6.45) is 3.13. The number of carbonyl (C=O) groups excluding carboxylic acids is 2. The van der Waals surface area contributed by atoms with E-state index in [2.05, 4.69) is 10.6 Å². The fraction of sp³-hybridized carbons (Fsp3) is 0.538. The molecule has 110 valence electrons. The van der Waals surface area contributed by atoms with Crippen molar-refractivity contribution in [3.63, 3.8) is 0 Å². The summed E-state index contributed by atoms with van der Waals surface area (Å²) in [5.41, 5.74) is 0.999. The van der Waals surface area contributed by atoms with E-state index in [1.54, 1.807) is 0 Å². The first kappa shape index (κ1) is 15.6. The molecule has 1 aliphatic heterocycles. The van der Waals surface area contributed by atoms with E-state index in [0.29, 0.717) is 34.5 Å². The van der Waals surface area contributed by atoms with Crippen molar-refractivity contribution < 1.29 is 9.59 Å². The molecule has 1 aromatic heterocycles. The molecule has 0 radical (unpaired) electrons. The summed E-state index contributed by atoms with van der Waals surface area (Å²) in [4.78, 5) is 22.8. The number of halogens is 2. The van der Waals surface area contributed by atoms with Crippen molar-refractivity contribution in [2.75, 3.05) is 6.54 Å². The molecular weight excluding hydrogens is 319 g/mol. The van der Waals surface area contributed by atoms with Gasteiger partial charge in [-0.15, -0.1) is 11.3 Å². The van der Waals surface area contributed by atoms with Gasteiger partial charge >= 0.3 is 0 Å². The average Bonchev–Trinajstić information content (AvgIpc) is 2.71. The van der Waals surface area contributed by atoms with Gasteiger partial charge in [0, 0.05) is 25.4 Å². The number of piperidine rings is 1. The van der Waals surface area contributed by atoms with Crippen LogP contribution in [0.5, 0.6) is 0 Å². The van der Waals surface area contributed by atoms with Crippen molar-refractivity contribution in [2.45, 2.75) is 38.1 Å². The Morgan fingerprint density at radius 2 is 2.30 bits per heavy atom. The van der Waals surface area contributed by atoms with Gasteiger partial charge < -0.3 is 10.6 Å². The van der Waals surface area contributed by atoms with Gasteiger partial charge in [0.05, 0.1) is 8.67 Å². The van der Waals surface area contributed by atoms with Gasteiger partial charge in [0.15, 0.2) is 0 Å². The van der Waals surface area contributed by atoms with Crippen LogP contribution >= 0.6 is 34.5 Å². The molecular formula is C13H16Cl2N2O2S. The molecule has 0 spiro atoms. The van der Waals surface area contributed by atoms with Gasteiger partial charge in [0.1, 0.15) is 0 Å². The Labute approximate surface area is 131 Å². The number of amides is 2. The predicted octanol–water partition coefficient (Wildman–Crippen LogP) is 2.77.